The Morgan fingerprint density at radius 1 is 0.731 bits per heavy atom. The number of rotatable bonds is 5. The summed E-state index contributed by atoms with van der Waals surface area (Å²) in [5.74, 6) is 0.567. The molecule has 52 heavy (non-hydrogen) atoms. The highest BCUT2D eigenvalue weighted by Gasteiger charge is 2.39. The van der Waals surface area contributed by atoms with E-state index in [0.29, 0.717) is 5.84 Å². The first-order valence-corrected chi connectivity index (χ1v) is 17.8. The number of benzene rings is 6. The predicted octanol–water partition coefficient (Wildman–Crippen LogP) is 10.3. The number of hydrogen-bond acceptors (Lipinski definition) is 2. The van der Waals surface area contributed by atoms with E-state index in [-0.39, 0.29) is 5.41 Å². The third kappa shape index (κ3) is 4.92. The molecule has 0 aliphatic heterocycles. The van der Waals surface area contributed by atoms with Crippen LogP contribution in [-0.4, -0.2) is 17.5 Å². The fourth-order valence-corrected chi connectivity index (χ4v) is 8.43. The van der Waals surface area contributed by atoms with Crippen molar-refractivity contribution >= 4 is 45.4 Å². The minimum atomic E-state index is -0.206. The molecule has 0 amide bonds. The van der Waals surface area contributed by atoms with Gasteiger partial charge in [-0.25, -0.2) is 15.0 Å². The summed E-state index contributed by atoms with van der Waals surface area (Å²) in [6.07, 6.45) is 6.90. The van der Waals surface area contributed by atoms with Gasteiger partial charge >= 0.3 is 0 Å². The fourth-order valence-electron chi connectivity index (χ4n) is 8.43. The number of aromatic nitrogens is 1. The van der Waals surface area contributed by atoms with E-state index in [1.165, 1.54) is 82.9 Å². The third-order valence-corrected chi connectivity index (χ3v) is 10.8. The molecule has 3 heteroatoms. The molecule has 2 aliphatic rings. The Labute approximate surface area is 304 Å². The minimum Gasteiger partial charge on any atom is -0.247 e. The van der Waals surface area contributed by atoms with Crippen molar-refractivity contribution in [1.82, 2.24) is 4.98 Å². The molecule has 0 radical (unpaired) electrons. The lowest BCUT2D eigenvalue weighted by Gasteiger charge is -2.25. The van der Waals surface area contributed by atoms with Gasteiger partial charge in [0, 0.05) is 28.1 Å². The van der Waals surface area contributed by atoms with Gasteiger partial charge in [0.1, 0.15) is 0 Å². The number of hydrogen-bond donors (Lipinski definition) is 0. The van der Waals surface area contributed by atoms with Gasteiger partial charge < -0.3 is 0 Å². The molecule has 0 atom stereocenters. The molecule has 0 bridgehead atoms. The molecular formula is C49H37N3. The van der Waals surface area contributed by atoms with Crippen LogP contribution in [0.25, 0.3) is 55.2 Å². The number of nitrogens with zero attached hydrogens (tertiary/aromatic N) is 3. The zero-order valence-corrected chi connectivity index (χ0v) is 29.4. The van der Waals surface area contributed by atoms with Crippen LogP contribution in [0.2, 0.25) is 0 Å². The zero-order valence-electron chi connectivity index (χ0n) is 29.4. The molecule has 1 heterocycles. The van der Waals surface area contributed by atoms with E-state index in [9.17, 15) is 0 Å². The Morgan fingerprint density at radius 3 is 2.21 bits per heavy atom. The Kier molecular flexibility index (Phi) is 7.52. The summed E-state index contributed by atoms with van der Waals surface area (Å²) in [7, 11) is 0. The van der Waals surface area contributed by atoms with Gasteiger partial charge in [0.15, 0.2) is 5.84 Å². The first-order chi connectivity index (χ1) is 25.5. The number of aliphatic imine (C=N–C) groups is 2. The van der Waals surface area contributed by atoms with Gasteiger partial charge in [-0.05, 0) is 84.9 Å². The Hall–Kier alpha value is -6.45. The van der Waals surface area contributed by atoms with Crippen molar-refractivity contribution in [3.05, 3.63) is 197 Å². The number of fused-ring (bicyclic) bond motifs is 7. The quantitative estimate of drug-likeness (QED) is 0.102. The second-order valence-electron chi connectivity index (χ2n) is 14.1. The molecule has 6 aromatic carbocycles. The second kappa shape index (κ2) is 12.4. The average Bonchev–Trinajstić information content (AvgIpc) is 3.29. The smallest absolute Gasteiger partial charge is 0.158 e. The first kappa shape index (κ1) is 31.5. The molecule has 2 aliphatic carbocycles. The van der Waals surface area contributed by atoms with Crippen molar-refractivity contribution in [3.63, 3.8) is 0 Å². The molecule has 248 valence electrons. The summed E-state index contributed by atoms with van der Waals surface area (Å²) in [5.41, 5.74) is 14.0. The van der Waals surface area contributed by atoms with Crippen LogP contribution >= 0.6 is 0 Å². The van der Waals surface area contributed by atoms with Crippen LogP contribution < -0.4 is 10.4 Å². The molecule has 7 aromatic rings. The van der Waals surface area contributed by atoms with Crippen LogP contribution in [0.1, 0.15) is 48.1 Å². The molecule has 9 rings (SSSR count). The molecular weight excluding hydrogens is 631 g/mol. The fraction of sp³-hybridized carbons (Fsp3) is 0.0816. The summed E-state index contributed by atoms with van der Waals surface area (Å²) < 4.78 is 0. The number of amidine groups is 1. The largest absolute Gasteiger partial charge is 0.247 e. The van der Waals surface area contributed by atoms with Crippen molar-refractivity contribution in [2.45, 2.75) is 25.7 Å². The van der Waals surface area contributed by atoms with Crippen LogP contribution in [0, 0.1) is 0 Å². The standard InChI is InChI=1S/C49H37N3/c1-5-51-48(50-4)35-27-23-33(24-28-35)37-19-12-18-36(39-15-8-9-16-40(37)39)32-21-25-34(26-22-32)44-45-38-14-7-6-13-31(38)29-30-43(45)52-47-41-17-10-11-20-42(41)49(2,3)46(44)47/h5-18,20-30H,1,4,19H2,2-3H3/b51-48-. The Bertz CT molecular complexity index is 2800. The molecule has 1 aromatic heterocycles. The van der Waals surface area contributed by atoms with Gasteiger partial charge in [0.2, 0.25) is 0 Å². The van der Waals surface area contributed by atoms with Gasteiger partial charge in [0.05, 0.1) is 11.2 Å². The molecule has 3 nitrogen and oxygen atoms in total. The monoisotopic (exact) mass is 667 g/mol. The van der Waals surface area contributed by atoms with Gasteiger partial charge in [-0.2, -0.15) is 0 Å². The predicted molar refractivity (Wildman–Crippen MR) is 219 cm³/mol. The van der Waals surface area contributed by atoms with Crippen LogP contribution in [-0.2, 0) is 5.41 Å². The van der Waals surface area contributed by atoms with Crippen LogP contribution in [0.5, 0.6) is 0 Å². The lowest BCUT2D eigenvalue weighted by atomic mass is 9.78. The second-order valence-corrected chi connectivity index (χ2v) is 14.1. The van der Waals surface area contributed by atoms with E-state index in [0.717, 1.165) is 23.2 Å². The molecule has 0 spiro atoms. The van der Waals surface area contributed by atoms with Crippen LogP contribution in [0.15, 0.2) is 168 Å². The van der Waals surface area contributed by atoms with Crippen LogP contribution in [0.4, 0.5) is 0 Å². The van der Waals surface area contributed by atoms with Gasteiger partial charge in [0.25, 0.3) is 0 Å². The number of pyridine rings is 1. The minimum absolute atomic E-state index is 0.206. The van der Waals surface area contributed by atoms with E-state index in [1.807, 2.05) is 0 Å². The molecule has 0 unspecified atom stereocenters. The maximum Gasteiger partial charge on any atom is 0.158 e. The van der Waals surface area contributed by atoms with Gasteiger partial charge in [-0.1, -0.05) is 160 Å². The summed E-state index contributed by atoms with van der Waals surface area (Å²) >= 11 is 0. The highest BCUT2D eigenvalue weighted by Crippen LogP contribution is 2.53. The maximum atomic E-state index is 5.38. The molecule has 0 saturated carbocycles. The third-order valence-electron chi connectivity index (χ3n) is 10.8. The summed E-state index contributed by atoms with van der Waals surface area (Å²) in [5, 5.41) is 6.14. The lowest BCUT2D eigenvalue weighted by Crippen LogP contribution is -2.28. The van der Waals surface area contributed by atoms with Crippen molar-refractivity contribution in [2.24, 2.45) is 9.98 Å². The van der Waals surface area contributed by atoms with Crippen molar-refractivity contribution < 1.29 is 0 Å². The highest BCUT2D eigenvalue weighted by atomic mass is 14.9. The molecule has 0 N–H and O–H groups in total. The topological polar surface area (TPSA) is 37.6 Å². The van der Waals surface area contributed by atoms with Gasteiger partial charge in [-0.15, -0.1) is 0 Å². The SMILES string of the molecule is C=C/N=C(\N=C)c1ccc(C2=c3ccccc3=C(c3ccc(-c4c5c(nc6ccc7ccccc7c46)-c4ccccc4C5(C)C)cc3)C=CC2)cc1. The van der Waals surface area contributed by atoms with Gasteiger partial charge in [-0.3, -0.25) is 0 Å². The Balaban J connectivity index is 1.23. The van der Waals surface area contributed by atoms with Crippen molar-refractivity contribution in [3.8, 4) is 22.4 Å². The highest BCUT2D eigenvalue weighted by molar-refractivity contribution is 6.15. The number of allylic oxidation sites excluding steroid dienone is 2. The summed E-state index contributed by atoms with van der Waals surface area (Å²) in [6.45, 7) is 12.1. The zero-order chi connectivity index (χ0) is 35.4. The molecule has 0 saturated heterocycles. The van der Waals surface area contributed by atoms with E-state index in [1.54, 1.807) is 0 Å². The Morgan fingerprint density at radius 2 is 1.42 bits per heavy atom. The average molecular weight is 668 g/mol. The molecule has 0 fully saturated rings. The van der Waals surface area contributed by atoms with E-state index in [2.05, 4.69) is 183 Å². The van der Waals surface area contributed by atoms with Crippen LogP contribution in [0.3, 0.4) is 0 Å². The lowest BCUT2D eigenvalue weighted by molar-refractivity contribution is 0.662. The normalized spacial score (nSPS) is 14.5. The van der Waals surface area contributed by atoms with Crippen molar-refractivity contribution in [2.75, 3.05) is 0 Å². The van der Waals surface area contributed by atoms with Crippen molar-refractivity contribution in [1.29, 1.82) is 0 Å². The van der Waals surface area contributed by atoms with E-state index < -0.39 is 0 Å². The summed E-state index contributed by atoms with van der Waals surface area (Å²) in [4.78, 5) is 13.7. The van der Waals surface area contributed by atoms with E-state index in [4.69, 9.17) is 4.98 Å². The first-order valence-electron chi connectivity index (χ1n) is 17.8. The van der Waals surface area contributed by atoms with E-state index >= 15 is 0 Å². The summed E-state index contributed by atoms with van der Waals surface area (Å²) in [6, 6.07) is 48.3. The maximum absolute atomic E-state index is 5.38.